The predicted molar refractivity (Wildman–Crippen MR) is 172 cm³/mol. The molecule has 2 unspecified atom stereocenters. The van der Waals surface area contributed by atoms with Gasteiger partial charge in [-0.2, -0.15) is 10.5 Å². The number of aromatic amines is 1. The minimum Gasteiger partial charge on any atom is -0.595 e. The van der Waals surface area contributed by atoms with Crippen LogP contribution in [0.15, 0.2) is 25.9 Å². The maximum atomic E-state index is 11.1. The summed E-state index contributed by atoms with van der Waals surface area (Å²) in [6.07, 6.45) is 9.17. The van der Waals surface area contributed by atoms with Crippen LogP contribution in [-0.4, -0.2) is 37.7 Å². The normalized spacial score (nSPS) is 23.5. The third-order valence-corrected chi connectivity index (χ3v) is 9.57. The van der Waals surface area contributed by atoms with Gasteiger partial charge in [-0.3, -0.25) is 4.79 Å². The van der Waals surface area contributed by atoms with E-state index in [2.05, 4.69) is 69.5 Å². The van der Waals surface area contributed by atoms with Crippen molar-refractivity contribution in [3.05, 3.63) is 53.2 Å². The van der Waals surface area contributed by atoms with Crippen LogP contribution >= 0.6 is 31.9 Å². The number of halogens is 2. The molecule has 11 nitrogen and oxygen atoms in total. The molecule has 0 spiro atoms. The first kappa shape index (κ1) is 37.8. The number of ether oxygens (including phenoxy) is 1. The SMILES string of the molecule is CC(C)C1CCC(O)CC1.Cc1[nH]c(=O)c(Br)cc1[NH+]([O-])O.Cc1nc(OC2CCC(C(C)C)CC2)c(Br)cc1[NH+]([O-])O. The van der Waals surface area contributed by atoms with E-state index < -0.39 is 10.5 Å². The molecule has 2 heterocycles. The molecule has 2 aromatic heterocycles. The van der Waals surface area contributed by atoms with Gasteiger partial charge in [0.05, 0.1) is 20.7 Å². The highest BCUT2D eigenvalue weighted by Gasteiger charge is 2.26. The number of aliphatic hydroxyl groups is 1. The van der Waals surface area contributed by atoms with Gasteiger partial charge in [-0.1, -0.05) is 27.7 Å². The van der Waals surface area contributed by atoms with Gasteiger partial charge in [0.2, 0.25) is 5.88 Å². The number of rotatable bonds is 6. The van der Waals surface area contributed by atoms with E-state index in [1.807, 2.05) is 0 Å². The molecule has 6 N–H and O–H groups in total. The number of nitrogens with one attached hydrogen (secondary N) is 3. The molecule has 244 valence electrons. The van der Waals surface area contributed by atoms with E-state index in [9.17, 15) is 20.3 Å². The molecule has 0 bridgehead atoms. The molecule has 2 saturated carbocycles. The average Bonchev–Trinajstić information content (AvgIpc) is 2.93. The van der Waals surface area contributed by atoms with Crippen molar-refractivity contribution in [1.82, 2.24) is 9.97 Å². The highest BCUT2D eigenvalue weighted by Crippen LogP contribution is 2.34. The fourth-order valence-corrected chi connectivity index (χ4v) is 6.22. The molecule has 2 aromatic rings. The predicted octanol–water partition coefficient (Wildman–Crippen LogP) is 5.19. The second kappa shape index (κ2) is 17.9. The van der Waals surface area contributed by atoms with Gasteiger partial charge in [0.15, 0.2) is 11.4 Å². The first-order chi connectivity index (χ1) is 20.1. The summed E-state index contributed by atoms with van der Waals surface area (Å²) >= 11 is 6.30. The molecule has 2 atom stereocenters. The summed E-state index contributed by atoms with van der Waals surface area (Å²) in [5, 5.41) is 46.5. The number of aryl methyl sites for hydroxylation is 2. The monoisotopic (exact) mass is 734 g/mol. The van der Waals surface area contributed by atoms with Gasteiger partial charge in [-0.25, -0.2) is 15.4 Å². The number of hydrogen-bond acceptors (Lipinski definition) is 8. The lowest BCUT2D eigenvalue weighted by atomic mass is 9.80. The van der Waals surface area contributed by atoms with Crippen LogP contribution in [0.5, 0.6) is 5.88 Å². The Morgan fingerprint density at radius 1 is 0.860 bits per heavy atom. The molecular weight excluding hydrogens is 688 g/mol. The molecule has 0 amide bonds. The van der Waals surface area contributed by atoms with Crippen LogP contribution in [0.4, 0.5) is 11.4 Å². The molecule has 0 aliphatic heterocycles. The lowest BCUT2D eigenvalue weighted by Crippen LogP contribution is -2.99. The van der Waals surface area contributed by atoms with Crippen molar-refractivity contribution in [2.75, 3.05) is 0 Å². The summed E-state index contributed by atoms with van der Waals surface area (Å²) < 4.78 is 6.81. The van der Waals surface area contributed by atoms with Crippen molar-refractivity contribution in [3.8, 4) is 5.88 Å². The maximum Gasteiger partial charge on any atom is 0.262 e. The second-order valence-electron chi connectivity index (χ2n) is 12.2. The van der Waals surface area contributed by atoms with Crippen LogP contribution in [0.1, 0.15) is 90.4 Å². The summed E-state index contributed by atoms with van der Waals surface area (Å²) in [7, 11) is 0. The Hall–Kier alpha value is -1.42. The Morgan fingerprint density at radius 2 is 1.33 bits per heavy atom. The number of H-pyrrole nitrogens is 1. The van der Waals surface area contributed by atoms with E-state index in [4.69, 9.17) is 15.2 Å². The zero-order valence-corrected chi connectivity index (χ0v) is 29.1. The van der Waals surface area contributed by atoms with E-state index in [1.165, 1.54) is 38.7 Å². The zero-order valence-electron chi connectivity index (χ0n) is 26.0. The third kappa shape index (κ3) is 12.1. The van der Waals surface area contributed by atoms with Gasteiger partial charge < -0.3 is 25.2 Å². The van der Waals surface area contributed by atoms with Crippen molar-refractivity contribution < 1.29 is 30.7 Å². The lowest BCUT2D eigenvalue weighted by Gasteiger charge is -2.31. The fraction of sp³-hybridized carbons (Fsp3) is 0.667. The summed E-state index contributed by atoms with van der Waals surface area (Å²) in [5.74, 6) is 3.71. The van der Waals surface area contributed by atoms with E-state index in [0.29, 0.717) is 21.7 Å². The minimum atomic E-state index is -1.05. The highest BCUT2D eigenvalue weighted by atomic mass is 79.9. The van der Waals surface area contributed by atoms with Crippen molar-refractivity contribution in [3.63, 3.8) is 0 Å². The van der Waals surface area contributed by atoms with Crippen LogP contribution in [0.2, 0.25) is 0 Å². The van der Waals surface area contributed by atoms with Crippen molar-refractivity contribution >= 4 is 43.2 Å². The highest BCUT2D eigenvalue weighted by molar-refractivity contribution is 9.10. The largest absolute Gasteiger partial charge is 0.595 e. The zero-order chi connectivity index (χ0) is 32.4. The Balaban J connectivity index is 0.000000248. The molecule has 0 radical (unpaired) electrons. The van der Waals surface area contributed by atoms with Gasteiger partial charge in [-0.15, -0.1) is 0 Å². The molecule has 2 aliphatic rings. The van der Waals surface area contributed by atoms with Crippen LogP contribution in [0, 0.1) is 47.9 Å². The first-order valence-electron chi connectivity index (χ1n) is 15.0. The molecule has 4 rings (SSSR count). The Kier molecular flexibility index (Phi) is 15.7. The van der Waals surface area contributed by atoms with Gasteiger partial charge in [-0.05, 0) is 121 Å². The van der Waals surface area contributed by atoms with Gasteiger partial charge in [0.1, 0.15) is 11.8 Å². The quantitative estimate of drug-likeness (QED) is 0.220. The van der Waals surface area contributed by atoms with Gasteiger partial charge >= 0.3 is 0 Å². The Morgan fingerprint density at radius 3 is 1.79 bits per heavy atom. The Bertz CT molecular complexity index is 1190. The number of pyridine rings is 2. The van der Waals surface area contributed by atoms with Crippen molar-refractivity contribution in [2.45, 2.75) is 105 Å². The number of aromatic nitrogens is 2. The molecule has 2 aliphatic carbocycles. The van der Waals surface area contributed by atoms with Gasteiger partial charge in [0, 0.05) is 12.1 Å². The van der Waals surface area contributed by atoms with Crippen LogP contribution < -0.4 is 20.7 Å². The number of nitrogens with zero attached hydrogens (tertiary/aromatic N) is 1. The average molecular weight is 737 g/mol. The summed E-state index contributed by atoms with van der Waals surface area (Å²) in [6, 6.07) is 2.86. The smallest absolute Gasteiger partial charge is 0.262 e. The Labute approximate surface area is 271 Å². The van der Waals surface area contributed by atoms with E-state index in [1.54, 1.807) is 13.0 Å². The number of hydrogen-bond donors (Lipinski definition) is 6. The minimum absolute atomic E-state index is 0.00926. The summed E-state index contributed by atoms with van der Waals surface area (Å²) in [5.41, 5.74) is 0.823. The molecule has 2 fully saturated rings. The second-order valence-corrected chi connectivity index (χ2v) is 13.9. The third-order valence-electron chi connectivity index (χ3n) is 8.41. The molecular formula is C30H48Br2N4O7. The van der Waals surface area contributed by atoms with Crippen molar-refractivity contribution in [1.29, 1.82) is 0 Å². The number of quaternary nitrogens is 2. The number of aliphatic hydroxyl groups excluding tert-OH is 1. The van der Waals surface area contributed by atoms with E-state index >= 15 is 0 Å². The van der Waals surface area contributed by atoms with Gasteiger partial charge in [0.25, 0.3) is 5.56 Å². The molecule has 0 saturated heterocycles. The standard InChI is InChI=1S/C15H23BrN2O3.C9H18O.C6H7BrN2O3/c1-9(2)11-4-6-12(7-5-11)21-15-13(16)8-14(18(19)20)10(3)17-15;1-7(2)8-3-5-9(10)6-4-8;1-3-5(9(11)12)2-4(7)6(10)8-3/h8-9,11-12,18-19H,4-7H2,1-3H3;7-10H,3-6H2,1-2H3;2,9,11H,1H3,(H,8,10). The van der Waals surface area contributed by atoms with E-state index in [0.717, 1.165) is 49.4 Å². The topological polar surface area (TPSA) is 171 Å². The van der Waals surface area contributed by atoms with Crippen molar-refractivity contribution in [2.24, 2.45) is 23.7 Å². The molecule has 43 heavy (non-hydrogen) atoms. The maximum absolute atomic E-state index is 11.1. The van der Waals surface area contributed by atoms with E-state index in [-0.39, 0.29) is 33.6 Å². The van der Waals surface area contributed by atoms with Crippen LogP contribution in [-0.2, 0) is 0 Å². The lowest BCUT2D eigenvalue weighted by molar-refractivity contribution is -0.991. The van der Waals surface area contributed by atoms with Crippen LogP contribution in [0.25, 0.3) is 0 Å². The first-order valence-corrected chi connectivity index (χ1v) is 16.6. The summed E-state index contributed by atoms with van der Waals surface area (Å²) in [4.78, 5) is 17.6. The fourth-order valence-electron chi connectivity index (χ4n) is 5.48. The van der Waals surface area contributed by atoms with Crippen LogP contribution in [0.3, 0.4) is 0 Å². The molecule has 0 aromatic carbocycles. The molecule has 13 heteroatoms. The summed E-state index contributed by atoms with van der Waals surface area (Å²) in [6.45, 7) is 12.3.